The lowest BCUT2D eigenvalue weighted by Gasteiger charge is -2.16. The zero-order valence-electron chi connectivity index (χ0n) is 11.4. The highest BCUT2D eigenvalue weighted by atomic mass is 79.9. The number of hydrogen-bond acceptors (Lipinski definition) is 4. The molecule has 2 heterocycles. The first-order valence-electron chi connectivity index (χ1n) is 6.32. The smallest absolute Gasteiger partial charge is 0.0759 e. The van der Waals surface area contributed by atoms with Crippen molar-refractivity contribution in [3.63, 3.8) is 0 Å². The summed E-state index contributed by atoms with van der Waals surface area (Å²) in [5, 5.41) is 7.81. The fraction of sp³-hybridized carbons (Fsp3) is 0.462. The first-order chi connectivity index (χ1) is 9.17. The van der Waals surface area contributed by atoms with Crippen LogP contribution in [0, 0.1) is 6.92 Å². The summed E-state index contributed by atoms with van der Waals surface area (Å²) in [4.78, 5) is 8.50. The standard InChI is InChI=1S/C13H18BrN5/c1-4-19-12(13(14)9(2)18-19)7-10(15-3)11-8-16-5-6-17-11/h5-6,8,10,15H,4,7H2,1-3H3. The van der Waals surface area contributed by atoms with Crippen LogP contribution >= 0.6 is 15.9 Å². The molecule has 5 nitrogen and oxygen atoms in total. The van der Waals surface area contributed by atoms with Gasteiger partial charge in [-0.25, -0.2) is 0 Å². The third-order valence-corrected chi connectivity index (χ3v) is 4.17. The van der Waals surface area contributed by atoms with E-state index in [0.717, 1.165) is 28.8 Å². The Balaban J connectivity index is 2.29. The first-order valence-corrected chi connectivity index (χ1v) is 7.11. The largest absolute Gasteiger partial charge is 0.311 e. The molecule has 0 aliphatic carbocycles. The van der Waals surface area contributed by atoms with Crippen molar-refractivity contribution in [3.8, 4) is 0 Å². The predicted octanol–water partition coefficient (Wildman–Crippen LogP) is 2.27. The SMILES string of the molecule is CCn1nc(C)c(Br)c1CC(NC)c1cnccn1. The van der Waals surface area contributed by atoms with E-state index in [4.69, 9.17) is 0 Å². The van der Waals surface area contributed by atoms with E-state index in [1.165, 1.54) is 5.69 Å². The molecule has 2 aromatic heterocycles. The van der Waals surface area contributed by atoms with Crippen molar-refractivity contribution in [1.29, 1.82) is 0 Å². The highest BCUT2D eigenvalue weighted by Crippen LogP contribution is 2.25. The van der Waals surface area contributed by atoms with Crippen LogP contribution < -0.4 is 5.32 Å². The maximum Gasteiger partial charge on any atom is 0.0759 e. The third-order valence-electron chi connectivity index (χ3n) is 3.14. The number of nitrogens with zero attached hydrogens (tertiary/aromatic N) is 4. The molecule has 102 valence electrons. The number of halogens is 1. The minimum Gasteiger partial charge on any atom is -0.311 e. The van der Waals surface area contributed by atoms with Crippen molar-refractivity contribution in [3.05, 3.63) is 40.1 Å². The lowest BCUT2D eigenvalue weighted by Crippen LogP contribution is -2.22. The van der Waals surface area contributed by atoms with Gasteiger partial charge in [-0.05, 0) is 36.8 Å². The number of aromatic nitrogens is 4. The molecule has 0 aliphatic rings. The van der Waals surface area contributed by atoms with Crippen LogP contribution in [0.15, 0.2) is 23.1 Å². The molecule has 0 radical (unpaired) electrons. The van der Waals surface area contributed by atoms with Gasteiger partial charge in [-0.3, -0.25) is 14.6 Å². The van der Waals surface area contributed by atoms with Crippen LogP contribution in [0.4, 0.5) is 0 Å². The molecule has 0 amide bonds. The molecule has 1 N–H and O–H groups in total. The second-order valence-corrected chi connectivity index (χ2v) is 5.13. The molecule has 19 heavy (non-hydrogen) atoms. The molecule has 0 bridgehead atoms. The number of nitrogens with one attached hydrogen (secondary N) is 1. The molecule has 2 aromatic rings. The van der Waals surface area contributed by atoms with Crippen LogP contribution in [-0.2, 0) is 13.0 Å². The quantitative estimate of drug-likeness (QED) is 0.917. The van der Waals surface area contributed by atoms with Crippen LogP contribution in [0.5, 0.6) is 0 Å². The van der Waals surface area contributed by atoms with E-state index in [1.54, 1.807) is 18.6 Å². The van der Waals surface area contributed by atoms with Gasteiger partial charge in [0.05, 0.1) is 27.6 Å². The summed E-state index contributed by atoms with van der Waals surface area (Å²) >= 11 is 3.62. The zero-order chi connectivity index (χ0) is 13.8. The van der Waals surface area contributed by atoms with E-state index in [-0.39, 0.29) is 6.04 Å². The van der Waals surface area contributed by atoms with Gasteiger partial charge in [0.2, 0.25) is 0 Å². The molecule has 0 saturated heterocycles. The highest BCUT2D eigenvalue weighted by Gasteiger charge is 2.18. The summed E-state index contributed by atoms with van der Waals surface area (Å²) in [6, 6.07) is 0.131. The summed E-state index contributed by atoms with van der Waals surface area (Å²) < 4.78 is 3.11. The monoisotopic (exact) mass is 323 g/mol. The van der Waals surface area contributed by atoms with E-state index in [9.17, 15) is 0 Å². The molecule has 0 spiro atoms. The van der Waals surface area contributed by atoms with Crippen LogP contribution in [0.3, 0.4) is 0 Å². The average Bonchev–Trinajstić information content (AvgIpc) is 2.72. The highest BCUT2D eigenvalue weighted by molar-refractivity contribution is 9.10. The minimum atomic E-state index is 0.131. The molecule has 0 aliphatic heterocycles. The molecule has 0 saturated carbocycles. The van der Waals surface area contributed by atoms with Crippen LogP contribution in [0.25, 0.3) is 0 Å². The van der Waals surface area contributed by atoms with Crippen LogP contribution in [0.2, 0.25) is 0 Å². The summed E-state index contributed by atoms with van der Waals surface area (Å²) in [5.41, 5.74) is 3.15. The molecule has 0 aromatic carbocycles. The van der Waals surface area contributed by atoms with Crippen molar-refractivity contribution >= 4 is 15.9 Å². The van der Waals surface area contributed by atoms with Gasteiger partial charge < -0.3 is 5.32 Å². The van der Waals surface area contributed by atoms with Crippen LogP contribution in [0.1, 0.15) is 30.0 Å². The van der Waals surface area contributed by atoms with E-state index in [1.807, 2.05) is 18.7 Å². The normalized spacial score (nSPS) is 12.6. The van der Waals surface area contributed by atoms with Gasteiger partial charge in [-0.15, -0.1) is 0 Å². The van der Waals surface area contributed by atoms with E-state index in [2.05, 4.69) is 43.2 Å². The Morgan fingerprint density at radius 3 is 2.79 bits per heavy atom. The van der Waals surface area contributed by atoms with E-state index >= 15 is 0 Å². The molecule has 0 fully saturated rings. The summed E-state index contributed by atoms with van der Waals surface area (Å²) in [5.74, 6) is 0. The van der Waals surface area contributed by atoms with Gasteiger partial charge in [0, 0.05) is 31.6 Å². The van der Waals surface area contributed by atoms with Crippen molar-refractivity contribution in [2.24, 2.45) is 0 Å². The minimum absolute atomic E-state index is 0.131. The number of rotatable bonds is 5. The number of hydrogen-bond donors (Lipinski definition) is 1. The summed E-state index contributed by atoms with van der Waals surface area (Å²) in [6.07, 6.45) is 6.03. The number of likely N-dealkylation sites (N-methyl/N-ethyl adjacent to an activating group) is 1. The molecule has 1 unspecified atom stereocenters. The molecular formula is C13H18BrN5. The maximum atomic E-state index is 4.52. The Bertz CT molecular complexity index is 537. The molecule has 6 heteroatoms. The Morgan fingerprint density at radius 1 is 1.42 bits per heavy atom. The predicted molar refractivity (Wildman–Crippen MR) is 77.9 cm³/mol. The van der Waals surface area contributed by atoms with Crippen molar-refractivity contribution in [2.45, 2.75) is 32.9 Å². The van der Waals surface area contributed by atoms with Gasteiger partial charge in [-0.1, -0.05) is 0 Å². The van der Waals surface area contributed by atoms with Crippen molar-refractivity contribution in [2.75, 3.05) is 7.05 Å². The van der Waals surface area contributed by atoms with Crippen molar-refractivity contribution < 1.29 is 0 Å². The topological polar surface area (TPSA) is 55.6 Å². The van der Waals surface area contributed by atoms with Gasteiger partial charge in [-0.2, -0.15) is 5.10 Å². The van der Waals surface area contributed by atoms with Gasteiger partial charge in [0.1, 0.15) is 0 Å². The fourth-order valence-electron chi connectivity index (χ4n) is 2.10. The molecule has 2 rings (SSSR count). The molecule has 1 atom stereocenters. The number of aryl methyl sites for hydroxylation is 2. The zero-order valence-corrected chi connectivity index (χ0v) is 13.0. The molecular weight excluding hydrogens is 306 g/mol. The van der Waals surface area contributed by atoms with Gasteiger partial charge >= 0.3 is 0 Å². The first kappa shape index (κ1) is 14.1. The fourth-order valence-corrected chi connectivity index (χ4v) is 2.55. The third kappa shape index (κ3) is 3.01. The summed E-state index contributed by atoms with van der Waals surface area (Å²) in [6.45, 7) is 4.97. The van der Waals surface area contributed by atoms with Gasteiger partial charge in [0.25, 0.3) is 0 Å². The lowest BCUT2D eigenvalue weighted by atomic mass is 10.1. The Morgan fingerprint density at radius 2 is 2.21 bits per heavy atom. The summed E-state index contributed by atoms with van der Waals surface area (Å²) in [7, 11) is 1.94. The second-order valence-electron chi connectivity index (χ2n) is 4.34. The van der Waals surface area contributed by atoms with E-state index in [0.29, 0.717) is 0 Å². The lowest BCUT2D eigenvalue weighted by molar-refractivity contribution is 0.529. The Labute approximate surface area is 121 Å². The second kappa shape index (κ2) is 6.25. The van der Waals surface area contributed by atoms with Gasteiger partial charge in [0.15, 0.2) is 0 Å². The van der Waals surface area contributed by atoms with Crippen LogP contribution in [-0.4, -0.2) is 26.8 Å². The average molecular weight is 324 g/mol. The van der Waals surface area contributed by atoms with E-state index < -0.39 is 0 Å². The maximum absolute atomic E-state index is 4.52. The Kier molecular flexibility index (Phi) is 4.66. The Hall–Kier alpha value is -1.27. The van der Waals surface area contributed by atoms with Crippen molar-refractivity contribution in [1.82, 2.24) is 25.1 Å².